The van der Waals surface area contributed by atoms with E-state index in [1.807, 2.05) is 18.2 Å². The molecule has 1 heterocycles. The second kappa shape index (κ2) is 3.23. The number of fused-ring (bicyclic) bond motifs is 1. The number of hydrogen-bond acceptors (Lipinski definition) is 2. The maximum atomic E-state index is 5.24. The molecule has 0 bridgehead atoms. The molecule has 0 fully saturated rings. The van der Waals surface area contributed by atoms with Crippen LogP contribution < -0.4 is 8.20 Å². The van der Waals surface area contributed by atoms with Crippen molar-refractivity contribution >= 4 is 43.8 Å². The van der Waals surface area contributed by atoms with Crippen molar-refractivity contribution in [3.63, 3.8) is 0 Å². The number of rotatable bonds is 1. The summed E-state index contributed by atoms with van der Waals surface area (Å²) in [6.07, 6.45) is 0. The molecular formula is C8H7NOSe2. The van der Waals surface area contributed by atoms with E-state index in [1.54, 1.807) is 7.11 Å². The second-order valence-electron chi connectivity index (χ2n) is 2.30. The van der Waals surface area contributed by atoms with Crippen LogP contribution >= 0.6 is 0 Å². The molecule has 62 valence electrons. The van der Waals surface area contributed by atoms with E-state index >= 15 is 0 Å². The minimum atomic E-state index is 0.349. The normalized spacial score (nSPS) is 10.5. The summed E-state index contributed by atoms with van der Waals surface area (Å²) in [6, 6.07) is 5.99. The van der Waals surface area contributed by atoms with E-state index in [2.05, 4.69) is 21.0 Å². The molecule has 2 rings (SSSR count). The third-order valence-corrected chi connectivity index (χ3v) is 4.66. The summed E-state index contributed by atoms with van der Waals surface area (Å²) in [7, 11) is 1.70. The molecule has 2 aromatic rings. The van der Waals surface area contributed by atoms with E-state index in [1.165, 1.54) is 4.26 Å². The number of benzene rings is 1. The summed E-state index contributed by atoms with van der Waals surface area (Å²) in [4.78, 5) is 4.40. The number of hydrogen-bond donors (Lipinski definition) is 0. The van der Waals surface area contributed by atoms with E-state index in [0.717, 1.165) is 14.7 Å². The zero-order valence-electron chi connectivity index (χ0n) is 6.44. The van der Waals surface area contributed by atoms with Crippen molar-refractivity contribution in [3.05, 3.63) is 18.2 Å². The van der Waals surface area contributed by atoms with E-state index < -0.39 is 0 Å². The van der Waals surface area contributed by atoms with Gasteiger partial charge in [-0.1, -0.05) is 0 Å². The summed E-state index contributed by atoms with van der Waals surface area (Å²) in [5, 5.41) is 0. The zero-order valence-corrected chi connectivity index (χ0v) is 10.0. The molecule has 12 heavy (non-hydrogen) atoms. The van der Waals surface area contributed by atoms with Gasteiger partial charge in [-0.05, 0) is 0 Å². The Balaban J connectivity index is 2.78. The molecule has 0 saturated heterocycles. The molecule has 0 aliphatic carbocycles. The van der Waals surface area contributed by atoms with Gasteiger partial charge < -0.3 is 0 Å². The van der Waals surface area contributed by atoms with E-state index in [-0.39, 0.29) is 0 Å². The molecule has 0 radical (unpaired) electrons. The molecule has 0 unspecified atom stereocenters. The summed E-state index contributed by atoms with van der Waals surface area (Å²) in [5.74, 6) is 0.970. The Bertz CT molecular complexity index is 410. The van der Waals surface area contributed by atoms with Crippen molar-refractivity contribution in [3.8, 4) is 5.75 Å². The predicted molar refractivity (Wildman–Crippen MR) is 52.0 cm³/mol. The summed E-state index contributed by atoms with van der Waals surface area (Å²) < 4.78 is 7.67. The van der Waals surface area contributed by atoms with Crippen molar-refractivity contribution in [2.75, 3.05) is 7.11 Å². The molecular weight excluding hydrogens is 284 g/mol. The number of aromatic nitrogens is 1. The average Bonchev–Trinajstić information content (AvgIpc) is 2.44. The molecule has 4 heteroatoms. The van der Waals surface area contributed by atoms with Crippen LogP contribution in [0.1, 0.15) is 0 Å². The van der Waals surface area contributed by atoms with Gasteiger partial charge in [-0.25, -0.2) is 0 Å². The standard InChI is InChI=1S/C8H7NOSe2/c1-10-6-4-2-3-5-7(6)12-8(11)9-5/h2-4H,1H3,(H,9,11). The minimum absolute atomic E-state index is 0.349. The number of nitrogens with zero attached hydrogens (tertiary/aromatic N) is 1. The van der Waals surface area contributed by atoms with Gasteiger partial charge >= 0.3 is 84.5 Å². The fraction of sp³-hybridized carbons (Fsp3) is 0.125. The molecule has 0 amide bonds. The molecule has 0 aliphatic heterocycles. The Morgan fingerprint density at radius 2 is 2.33 bits per heavy atom. The molecule has 1 aromatic carbocycles. The van der Waals surface area contributed by atoms with Crippen LogP contribution in [0.2, 0.25) is 0 Å². The molecule has 0 atom stereocenters. The van der Waals surface area contributed by atoms with Crippen molar-refractivity contribution in [1.29, 1.82) is 0 Å². The van der Waals surface area contributed by atoms with Crippen LogP contribution in [0.25, 0.3) is 9.78 Å². The van der Waals surface area contributed by atoms with Gasteiger partial charge in [0.2, 0.25) is 0 Å². The van der Waals surface area contributed by atoms with E-state index in [0.29, 0.717) is 14.5 Å². The topological polar surface area (TPSA) is 22.1 Å². The Hall–Kier alpha value is -0.271. The van der Waals surface area contributed by atoms with Crippen LogP contribution in [0.3, 0.4) is 0 Å². The van der Waals surface area contributed by atoms with Crippen LogP contribution in [0.4, 0.5) is 0 Å². The SMILES string of the molecule is COc1cccc2nc([SeH])[se]c12. The van der Waals surface area contributed by atoms with Crippen LogP contribution in [-0.2, 0) is 0 Å². The summed E-state index contributed by atoms with van der Waals surface area (Å²) in [5.41, 5.74) is 1.07. The van der Waals surface area contributed by atoms with Crippen LogP contribution in [0.15, 0.2) is 18.2 Å². The van der Waals surface area contributed by atoms with Gasteiger partial charge in [0.25, 0.3) is 0 Å². The van der Waals surface area contributed by atoms with Crippen LogP contribution in [0, 0.1) is 0 Å². The fourth-order valence-corrected chi connectivity index (χ4v) is 3.97. The van der Waals surface area contributed by atoms with Crippen molar-refractivity contribution in [2.45, 2.75) is 0 Å². The van der Waals surface area contributed by atoms with Gasteiger partial charge in [-0.15, -0.1) is 0 Å². The van der Waals surface area contributed by atoms with Gasteiger partial charge in [0.15, 0.2) is 0 Å². The first-order valence-corrected chi connectivity index (χ1v) is 6.09. The van der Waals surface area contributed by atoms with Gasteiger partial charge in [-0.2, -0.15) is 0 Å². The molecule has 2 nitrogen and oxygen atoms in total. The molecule has 0 N–H and O–H groups in total. The zero-order chi connectivity index (χ0) is 8.55. The molecule has 0 saturated carbocycles. The molecule has 0 aliphatic rings. The second-order valence-corrected chi connectivity index (χ2v) is 6.77. The Morgan fingerprint density at radius 3 is 3.08 bits per heavy atom. The maximum absolute atomic E-state index is 5.24. The third kappa shape index (κ3) is 1.32. The molecule has 0 spiro atoms. The van der Waals surface area contributed by atoms with Crippen molar-refractivity contribution < 1.29 is 4.74 Å². The first kappa shape index (κ1) is 8.33. The average molecular weight is 291 g/mol. The first-order chi connectivity index (χ1) is 5.81. The number of methoxy groups -OCH3 is 1. The van der Waals surface area contributed by atoms with Gasteiger partial charge in [-0.3, -0.25) is 0 Å². The van der Waals surface area contributed by atoms with Gasteiger partial charge in [0, 0.05) is 0 Å². The predicted octanol–water partition coefficient (Wildman–Crippen LogP) is -0.174. The summed E-state index contributed by atoms with van der Waals surface area (Å²) in [6.45, 7) is 0. The molecule has 1 aromatic heterocycles. The van der Waals surface area contributed by atoms with Crippen LogP contribution in [0.5, 0.6) is 5.75 Å². The number of ether oxygens (including phenoxy) is 1. The third-order valence-electron chi connectivity index (χ3n) is 1.59. The van der Waals surface area contributed by atoms with Gasteiger partial charge in [0.05, 0.1) is 0 Å². The fourth-order valence-electron chi connectivity index (χ4n) is 1.07. The van der Waals surface area contributed by atoms with Crippen molar-refractivity contribution in [2.24, 2.45) is 0 Å². The van der Waals surface area contributed by atoms with E-state index in [9.17, 15) is 0 Å². The monoisotopic (exact) mass is 293 g/mol. The Morgan fingerprint density at radius 1 is 1.50 bits per heavy atom. The van der Waals surface area contributed by atoms with E-state index in [4.69, 9.17) is 4.74 Å². The summed E-state index contributed by atoms with van der Waals surface area (Å²) >= 11 is 2.86. The van der Waals surface area contributed by atoms with Crippen LogP contribution in [-0.4, -0.2) is 42.6 Å². The quantitative estimate of drug-likeness (QED) is 0.681. The first-order valence-electron chi connectivity index (χ1n) is 3.44. The van der Waals surface area contributed by atoms with Crippen molar-refractivity contribution in [1.82, 2.24) is 4.98 Å². The van der Waals surface area contributed by atoms with Gasteiger partial charge in [0.1, 0.15) is 0 Å². The Labute approximate surface area is 84.5 Å². The Kier molecular flexibility index (Phi) is 2.24.